The van der Waals surface area contributed by atoms with Crippen LogP contribution < -0.4 is 10.2 Å². The number of esters is 1. The standard InChI is InChI=1S/C22H24N4O2S/c1-2-28-21(27)20-19(17-10-6-7-11-18(17)23-20)24-22(29)26-14-12-25(13-15-26)16-8-4-3-5-9-16/h3-11,23H,2,12-15H2,1H3,(H,24,29). The second-order valence-electron chi connectivity index (χ2n) is 6.88. The van der Waals surface area contributed by atoms with Crippen LogP contribution in [0, 0.1) is 0 Å². The molecule has 2 aromatic carbocycles. The monoisotopic (exact) mass is 408 g/mol. The van der Waals surface area contributed by atoms with Crippen LogP contribution in [0.15, 0.2) is 54.6 Å². The van der Waals surface area contributed by atoms with E-state index in [1.807, 2.05) is 30.3 Å². The fourth-order valence-electron chi connectivity index (χ4n) is 3.62. The van der Waals surface area contributed by atoms with Gasteiger partial charge in [-0.3, -0.25) is 0 Å². The average Bonchev–Trinajstić information content (AvgIpc) is 3.13. The van der Waals surface area contributed by atoms with Crippen molar-refractivity contribution in [3.63, 3.8) is 0 Å². The van der Waals surface area contributed by atoms with E-state index in [-0.39, 0.29) is 5.97 Å². The number of thiocarbonyl (C=S) groups is 1. The molecule has 0 unspecified atom stereocenters. The molecule has 1 aliphatic rings. The number of benzene rings is 2. The van der Waals surface area contributed by atoms with Crippen LogP contribution in [0.5, 0.6) is 0 Å². The number of aromatic amines is 1. The molecule has 0 aliphatic carbocycles. The van der Waals surface area contributed by atoms with Gasteiger partial charge in [-0.1, -0.05) is 36.4 Å². The molecule has 4 rings (SSSR count). The number of ether oxygens (including phenoxy) is 1. The molecule has 0 atom stereocenters. The van der Waals surface area contributed by atoms with Gasteiger partial charge in [0.2, 0.25) is 0 Å². The molecule has 1 fully saturated rings. The number of H-pyrrole nitrogens is 1. The highest BCUT2D eigenvalue weighted by molar-refractivity contribution is 7.80. The lowest BCUT2D eigenvalue weighted by Gasteiger charge is -2.37. The lowest BCUT2D eigenvalue weighted by molar-refractivity contribution is 0.0522. The number of aromatic nitrogens is 1. The van der Waals surface area contributed by atoms with Crippen LogP contribution in [-0.2, 0) is 4.74 Å². The molecule has 0 amide bonds. The number of nitrogens with one attached hydrogen (secondary N) is 2. The minimum Gasteiger partial charge on any atom is -0.461 e. The number of para-hydroxylation sites is 2. The van der Waals surface area contributed by atoms with E-state index in [9.17, 15) is 4.79 Å². The molecule has 0 spiro atoms. The van der Waals surface area contributed by atoms with Crippen LogP contribution in [0.1, 0.15) is 17.4 Å². The number of carbonyl (C=O) groups excluding carboxylic acids is 1. The average molecular weight is 409 g/mol. The summed E-state index contributed by atoms with van der Waals surface area (Å²) in [4.78, 5) is 20.1. The number of nitrogens with zero attached hydrogens (tertiary/aromatic N) is 2. The number of hydrogen-bond acceptors (Lipinski definition) is 4. The topological polar surface area (TPSA) is 60.6 Å². The van der Waals surface area contributed by atoms with Gasteiger partial charge in [0.25, 0.3) is 0 Å². The first-order valence-corrected chi connectivity index (χ1v) is 10.2. The molecule has 0 bridgehead atoms. The van der Waals surface area contributed by atoms with Crippen LogP contribution in [0.3, 0.4) is 0 Å². The summed E-state index contributed by atoms with van der Waals surface area (Å²) in [6, 6.07) is 18.2. The second kappa shape index (κ2) is 8.53. The van der Waals surface area contributed by atoms with E-state index in [0.717, 1.165) is 37.1 Å². The van der Waals surface area contributed by atoms with Crippen molar-refractivity contribution in [3.8, 4) is 0 Å². The first kappa shape index (κ1) is 19.3. The third-order valence-corrected chi connectivity index (χ3v) is 5.47. The van der Waals surface area contributed by atoms with Crippen molar-refractivity contribution in [2.75, 3.05) is 43.0 Å². The first-order valence-electron chi connectivity index (χ1n) is 9.81. The number of hydrogen-bond donors (Lipinski definition) is 2. The van der Waals surface area contributed by atoms with Crippen molar-refractivity contribution in [2.45, 2.75) is 6.92 Å². The molecule has 0 saturated carbocycles. The zero-order valence-corrected chi connectivity index (χ0v) is 17.2. The van der Waals surface area contributed by atoms with Crippen LogP contribution in [0.4, 0.5) is 11.4 Å². The van der Waals surface area contributed by atoms with Gasteiger partial charge in [0.15, 0.2) is 5.11 Å². The third kappa shape index (κ3) is 4.05. The number of carbonyl (C=O) groups is 1. The highest BCUT2D eigenvalue weighted by Crippen LogP contribution is 2.29. The summed E-state index contributed by atoms with van der Waals surface area (Å²) in [6.07, 6.45) is 0. The Morgan fingerprint density at radius 2 is 1.76 bits per heavy atom. The molecule has 7 heteroatoms. The predicted octanol–water partition coefficient (Wildman–Crippen LogP) is 3.86. The predicted molar refractivity (Wildman–Crippen MR) is 121 cm³/mol. The number of fused-ring (bicyclic) bond motifs is 1. The summed E-state index contributed by atoms with van der Waals surface area (Å²) in [7, 11) is 0. The van der Waals surface area contributed by atoms with Gasteiger partial charge < -0.3 is 24.8 Å². The maximum absolute atomic E-state index is 12.4. The highest BCUT2D eigenvalue weighted by atomic mass is 32.1. The Labute approximate surface area is 175 Å². The zero-order valence-electron chi connectivity index (χ0n) is 16.4. The van der Waals surface area contributed by atoms with Crippen molar-refractivity contribution >= 4 is 45.6 Å². The van der Waals surface area contributed by atoms with Gasteiger partial charge in [-0.25, -0.2) is 4.79 Å². The molecule has 0 radical (unpaired) electrons. The molecule has 1 aliphatic heterocycles. The van der Waals surface area contributed by atoms with Crippen molar-refractivity contribution in [2.24, 2.45) is 0 Å². The Morgan fingerprint density at radius 1 is 1.07 bits per heavy atom. The zero-order chi connectivity index (χ0) is 20.2. The summed E-state index contributed by atoms with van der Waals surface area (Å²) in [5.41, 5.74) is 3.18. The van der Waals surface area contributed by atoms with E-state index in [2.05, 4.69) is 44.4 Å². The third-order valence-electron chi connectivity index (χ3n) is 5.11. The normalized spacial score (nSPS) is 14.1. The molecule has 1 saturated heterocycles. The van der Waals surface area contributed by atoms with Crippen LogP contribution in [0.25, 0.3) is 10.9 Å². The first-order chi connectivity index (χ1) is 14.2. The molecule has 1 aromatic heterocycles. The number of piperazine rings is 1. The lowest BCUT2D eigenvalue weighted by atomic mass is 10.2. The van der Waals surface area contributed by atoms with Crippen molar-refractivity contribution in [1.29, 1.82) is 0 Å². The summed E-state index contributed by atoms with van der Waals surface area (Å²) in [5, 5.41) is 4.84. The Morgan fingerprint density at radius 3 is 2.48 bits per heavy atom. The summed E-state index contributed by atoms with van der Waals surface area (Å²) < 4.78 is 5.21. The SMILES string of the molecule is CCOC(=O)c1[nH]c2ccccc2c1NC(=S)N1CCN(c2ccccc2)CC1. The summed E-state index contributed by atoms with van der Waals surface area (Å²) in [5.74, 6) is -0.386. The van der Waals surface area contributed by atoms with E-state index in [1.54, 1.807) is 6.92 Å². The number of anilines is 2. The van der Waals surface area contributed by atoms with Gasteiger partial charge in [0, 0.05) is 42.8 Å². The van der Waals surface area contributed by atoms with Crippen molar-refractivity contribution in [3.05, 3.63) is 60.3 Å². The van der Waals surface area contributed by atoms with Gasteiger partial charge in [0.1, 0.15) is 5.69 Å². The fraction of sp³-hybridized carbons (Fsp3) is 0.273. The van der Waals surface area contributed by atoms with E-state index < -0.39 is 0 Å². The van der Waals surface area contributed by atoms with Crippen LogP contribution in [0.2, 0.25) is 0 Å². The van der Waals surface area contributed by atoms with Gasteiger partial charge in [-0.2, -0.15) is 0 Å². The van der Waals surface area contributed by atoms with E-state index in [0.29, 0.717) is 23.1 Å². The Balaban J connectivity index is 1.49. The van der Waals surface area contributed by atoms with Gasteiger partial charge >= 0.3 is 5.97 Å². The molecule has 2 heterocycles. The van der Waals surface area contributed by atoms with Crippen molar-refractivity contribution in [1.82, 2.24) is 9.88 Å². The molecule has 2 N–H and O–H groups in total. The molecular formula is C22H24N4O2S. The molecule has 6 nitrogen and oxygen atoms in total. The maximum Gasteiger partial charge on any atom is 0.356 e. The quantitative estimate of drug-likeness (QED) is 0.505. The van der Waals surface area contributed by atoms with E-state index in [4.69, 9.17) is 17.0 Å². The minimum absolute atomic E-state index is 0.319. The van der Waals surface area contributed by atoms with Crippen LogP contribution >= 0.6 is 12.2 Å². The van der Waals surface area contributed by atoms with Gasteiger partial charge in [-0.05, 0) is 37.3 Å². The Bertz CT molecular complexity index is 1010. The summed E-state index contributed by atoms with van der Waals surface area (Å²) in [6.45, 7) is 5.54. The Hall–Kier alpha value is -3.06. The van der Waals surface area contributed by atoms with Crippen molar-refractivity contribution < 1.29 is 9.53 Å². The second-order valence-corrected chi connectivity index (χ2v) is 7.27. The van der Waals surface area contributed by atoms with Gasteiger partial charge in [0.05, 0.1) is 12.3 Å². The van der Waals surface area contributed by atoms with Crippen LogP contribution in [-0.4, -0.2) is 53.8 Å². The molecular weight excluding hydrogens is 384 g/mol. The smallest absolute Gasteiger partial charge is 0.356 e. The Kier molecular flexibility index (Phi) is 5.67. The van der Waals surface area contributed by atoms with E-state index >= 15 is 0 Å². The fourth-order valence-corrected chi connectivity index (χ4v) is 3.91. The molecule has 3 aromatic rings. The van der Waals surface area contributed by atoms with Gasteiger partial charge in [-0.15, -0.1) is 0 Å². The number of rotatable bonds is 4. The molecule has 150 valence electrons. The minimum atomic E-state index is -0.386. The summed E-state index contributed by atoms with van der Waals surface area (Å²) >= 11 is 5.68. The highest BCUT2D eigenvalue weighted by Gasteiger charge is 2.23. The van der Waals surface area contributed by atoms with E-state index in [1.165, 1.54) is 5.69 Å². The maximum atomic E-state index is 12.4. The molecule has 29 heavy (non-hydrogen) atoms. The lowest BCUT2D eigenvalue weighted by Crippen LogP contribution is -2.50. The largest absolute Gasteiger partial charge is 0.461 e.